The number of aromatic nitrogens is 1. The van der Waals surface area contributed by atoms with Crippen LogP contribution in [0.1, 0.15) is 20.8 Å². The first kappa shape index (κ1) is 11.8. The van der Waals surface area contributed by atoms with Crippen molar-refractivity contribution in [2.45, 2.75) is 13.1 Å². The molecule has 1 aromatic carbocycles. The molecule has 5 heteroatoms. The molecule has 0 amide bonds. The van der Waals surface area contributed by atoms with Gasteiger partial charge in [0.05, 0.1) is 11.1 Å². The molecule has 0 aliphatic rings. The molecule has 0 fully saturated rings. The largest absolute Gasteiger partial charge is 0.478 e. The molecule has 0 aliphatic heterocycles. The molecule has 1 heterocycles. The van der Waals surface area contributed by atoms with E-state index in [0.29, 0.717) is 12.1 Å². The van der Waals surface area contributed by atoms with Gasteiger partial charge in [0, 0.05) is 24.2 Å². The third kappa shape index (κ3) is 3.37. The van der Waals surface area contributed by atoms with Crippen LogP contribution >= 0.6 is 11.3 Å². The highest BCUT2D eigenvalue weighted by Gasteiger charge is 2.02. The van der Waals surface area contributed by atoms with Crippen LogP contribution in [0.15, 0.2) is 36.0 Å². The van der Waals surface area contributed by atoms with Crippen LogP contribution in [0.2, 0.25) is 0 Å². The van der Waals surface area contributed by atoms with Gasteiger partial charge in [-0.3, -0.25) is 4.98 Å². The van der Waals surface area contributed by atoms with Crippen molar-refractivity contribution in [2.75, 3.05) is 0 Å². The third-order valence-corrected chi connectivity index (χ3v) is 3.07. The lowest BCUT2D eigenvalue weighted by atomic mass is 10.1. The van der Waals surface area contributed by atoms with Crippen molar-refractivity contribution < 1.29 is 9.90 Å². The van der Waals surface area contributed by atoms with E-state index in [1.165, 1.54) is 4.88 Å². The predicted molar refractivity (Wildman–Crippen MR) is 66.1 cm³/mol. The van der Waals surface area contributed by atoms with Gasteiger partial charge in [-0.2, -0.15) is 0 Å². The van der Waals surface area contributed by atoms with E-state index in [0.717, 1.165) is 12.1 Å². The Morgan fingerprint density at radius 3 is 3.00 bits per heavy atom. The minimum Gasteiger partial charge on any atom is -0.478 e. The standard InChI is InChI=1S/C12H12N2O2S/c15-12(16)10-3-1-2-9(4-10)5-13-6-11-7-14-8-17-11/h1-4,7-8,13H,5-6H2,(H,15,16). The normalized spacial score (nSPS) is 10.4. The maximum atomic E-state index is 10.8. The summed E-state index contributed by atoms with van der Waals surface area (Å²) in [6, 6.07) is 6.94. The van der Waals surface area contributed by atoms with Crippen LogP contribution in [0.25, 0.3) is 0 Å². The van der Waals surface area contributed by atoms with Crippen molar-refractivity contribution in [3.8, 4) is 0 Å². The second-order valence-corrected chi connectivity index (χ2v) is 4.55. The number of carboxylic acids is 1. The molecule has 2 rings (SSSR count). The van der Waals surface area contributed by atoms with Gasteiger partial charge in [0.25, 0.3) is 0 Å². The average Bonchev–Trinajstić information content (AvgIpc) is 2.82. The lowest BCUT2D eigenvalue weighted by Gasteiger charge is -2.04. The van der Waals surface area contributed by atoms with Crippen LogP contribution < -0.4 is 5.32 Å². The zero-order chi connectivity index (χ0) is 12.1. The fourth-order valence-corrected chi connectivity index (χ4v) is 2.04. The van der Waals surface area contributed by atoms with Crippen LogP contribution in [0.3, 0.4) is 0 Å². The molecule has 1 aromatic heterocycles. The first-order valence-corrected chi connectivity index (χ1v) is 6.04. The van der Waals surface area contributed by atoms with Crippen molar-refractivity contribution in [1.82, 2.24) is 10.3 Å². The van der Waals surface area contributed by atoms with E-state index in [9.17, 15) is 4.79 Å². The molecule has 0 bridgehead atoms. The van der Waals surface area contributed by atoms with Gasteiger partial charge in [-0.25, -0.2) is 4.79 Å². The van der Waals surface area contributed by atoms with Gasteiger partial charge in [-0.05, 0) is 17.7 Å². The second kappa shape index (κ2) is 5.56. The number of hydrogen-bond donors (Lipinski definition) is 2. The predicted octanol–water partition coefficient (Wildman–Crippen LogP) is 2.13. The quantitative estimate of drug-likeness (QED) is 0.851. The van der Waals surface area contributed by atoms with Crippen molar-refractivity contribution >= 4 is 17.3 Å². The van der Waals surface area contributed by atoms with Gasteiger partial charge in [-0.15, -0.1) is 11.3 Å². The minimum absolute atomic E-state index is 0.321. The van der Waals surface area contributed by atoms with E-state index >= 15 is 0 Å². The molecule has 0 aliphatic carbocycles. The third-order valence-electron chi connectivity index (χ3n) is 2.29. The summed E-state index contributed by atoms with van der Waals surface area (Å²) < 4.78 is 0. The fourth-order valence-electron chi connectivity index (χ4n) is 1.47. The summed E-state index contributed by atoms with van der Waals surface area (Å²) in [6.07, 6.45) is 1.82. The molecule has 4 nitrogen and oxygen atoms in total. The lowest BCUT2D eigenvalue weighted by Crippen LogP contribution is -2.12. The van der Waals surface area contributed by atoms with Crippen LogP contribution in [-0.4, -0.2) is 16.1 Å². The number of aromatic carboxylic acids is 1. The Morgan fingerprint density at radius 2 is 2.29 bits per heavy atom. The molecular formula is C12H12N2O2S. The van der Waals surface area contributed by atoms with Gasteiger partial charge >= 0.3 is 5.97 Å². The Labute approximate surface area is 103 Å². The smallest absolute Gasteiger partial charge is 0.335 e. The number of hydrogen-bond acceptors (Lipinski definition) is 4. The number of benzene rings is 1. The second-order valence-electron chi connectivity index (χ2n) is 3.58. The van der Waals surface area contributed by atoms with Crippen LogP contribution in [0.5, 0.6) is 0 Å². The molecule has 2 aromatic rings. The van der Waals surface area contributed by atoms with E-state index in [4.69, 9.17) is 5.11 Å². The average molecular weight is 248 g/mol. The number of rotatable bonds is 5. The molecular weight excluding hydrogens is 236 g/mol. The number of carbonyl (C=O) groups is 1. The Balaban J connectivity index is 1.90. The molecule has 2 N–H and O–H groups in total. The summed E-state index contributed by atoms with van der Waals surface area (Å²) in [6.45, 7) is 1.40. The number of thiazole rings is 1. The molecule has 0 spiro atoms. The van der Waals surface area contributed by atoms with E-state index < -0.39 is 5.97 Å². The Kier molecular flexibility index (Phi) is 3.85. The fraction of sp³-hybridized carbons (Fsp3) is 0.167. The monoisotopic (exact) mass is 248 g/mol. The first-order chi connectivity index (χ1) is 8.25. The van der Waals surface area contributed by atoms with E-state index in [1.54, 1.807) is 35.0 Å². The number of nitrogens with zero attached hydrogens (tertiary/aromatic N) is 1. The molecule has 0 atom stereocenters. The van der Waals surface area contributed by atoms with Crippen LogP contribution in [0, 0.1) is 0 Å². The number of nitrogens with one attached hydrogen (secondary N) is 1. The van der Waals surface area contributed by atoms with Crippen LogP contribution in [0.4, 0.5) is 0 Å². The van der Waals surface area contributed by atoms with Gasteiger partial charge in [-0.1, -0.05) is 12.1 Å². The van der Waals surface area contributed by atoms with Gasteiger partial charge < -0.3 is 10.4 Å². The van der Waals surface area contributed by atoms with Crippen molar-refractivity contribution in [3.63, 3.8) is 0 Å². The highest BCUT2D eigenvalue weighted by molar-refractivity contribution is 7.09. The molecule has 0 radical (unpaired) electrons. The summed E-state index contributed by atoms with van der Waals surface area (Å²) in [5.74, 6) is -0.894. The van der Waals surface area contributed by atoms with Crippen molar-refractivity contribution in [2.24, 2.45) is 0 Å². The highest BCUT2D eigenvalue weighted by atomic mass is 32.1. The maximum absolute atomic E-state index is 10.8. The molecule has 0 unspecified atom stereocenters. The molecule has 17 heavy (non-hydrogen) atoms. The maximum Gasteiger partial charge on any atom is 0.335 e. The Hall–Kier alpha value is -1.72. The summed E-state index contributed by atoms with van der Waals surface area (Å²) >= 11 is 1.60. The Morgan fingerprint density at radius 1 is 1.41 bits per heavy atom. The molecule has 0 saturated carbocycles. The van der Waals surface area contributed by atoms with E-state index in [2.05, 4.69) is 10.3 Å². The highest BCUT2D eigenvalue weighted by Crippen LogP contribution is 2.07. The van der Waals surface area contributed by atoms with Crippen LogP contribution in [-0.2, 0) is 13.1 Å². The zero-order valence-corrected chi connectivity index (χ0v) is 9.91. The van der Waals surface area contributed by atoms with Crippen molar-refractivity contribution in [3.05, 3.63) is 52.0 Å². The van der Waals surface area contributed by atoms with E-state index in [-0.39, 0.29) is 0 Å². The molecule has 88 valence electrons. The summed E-state index contributed by atoms with van der Waals surface area (Å²) in [4.78, 5) is 15.9. The van der Waals surface area contributed by atoms with Gasteiger partial charge in [0.1, 0.15) is 0 Å². The van der Waals surface area contributed by atoms with Crippen molar-refractivity contribution in [1.29, 1.82) is 0 Å². The summed E-state index contributed by atoms with van der Waals surface area (Å²) in [5.41, 5.74) is 3.08. The number of carboxylic acid groups (broad SMARTS) is 1. The van der Waals surface area contributed by atoms with Gasteiger partial charge in [0.2, 0.25) is 0 Å². The Bertz CT molecular complexity index is 497. The molecule has 0 saturated heterocycles. The SMILES string of the molecule is O=C(O)c1cccc(CNCc2cncs2)c1. The van der Waals surface area contributed by atoms with Gasteiger partial charge in [0.15, 0.2) is 0 Å². The van der Waals surface area contributed by atoms with E-state index in [1.807, 2.05) is 12.3 Å². The zero-order valence-electron chi connectivity index (χ0n) is 9.09. The first-order valence-electron chi connectivity index (χ1n) is 5.16. The topological polar surface area (TPSA) is 62.2 Å². The minimum atomic E-state index is -0.894. The summed E-state index contributed by atoms with van der Waals surface area (Å²) in [7, 11) is 0. The lowest BCUT2D eigenvalue weighted by molar-refractivity contribution is 0.0696. The summed E-state index contributed by atoms with van der Waals surface area (Å²) in [5, 5.41) is 12.1.